The van der Waals surface area contributed by atoms with Crippen LogP contribution in [-0.2, 0) is 16.1 Å². The van der Waals surface area contributed by atoms with Crippen molar-refractivity contribution in [2.45, 2.75) is 39.8 Å². The number of benzene rings is 2. The quantitative estimate of drug-likeness (QED) is 0.649. The maximum atomic E-state index is 12.8. The van der Waals surface area contributed by atoms with E-state index in [9.17, 15) is 14.4 Å². The van der Waals surface area contributed by atoms with E-state index >= 15 is 0 Å². The van der Waals surface area contributed by atoms with Crippen LogP contribution in [0.25, 0.3) is 10.8 Å². The molecule has 1 N–H and O–H groups in total. The lowest BCUT2D eigenvalue weighted by Gasteiger charge is -2.15. The minimum atomic E-state index is -1.03. The molecule has 150 valence electrons. The van der Waals surface area contributed by atoms with Gasteiger partial charge in [-0.25, -0.2) is 9.48 Å². The first-order valence-corrected chi connectivity index (χ1v) is 9.49. The number of nitrogens with zero attached hydrogens (tertiary/aromatic N) is 2. The van der Waals surface area contributed by atoms with E-state index in [1.165, 1.54) is 11.6 Å². The lowest BCUT2D eigenvalue weighted by Crippen LogP contribution is -2.32. The number of fused-ring (bicyclic) bond motifs is 1. The van der Waals surface area contributed by atoms with Crippen LogP contribution < -0.4 is 10.9 Å². The van der Waals surface area contributed by atoms with Crippen LogP contribution in [0.5, 0.6) is 0 Å². The van der Waals surface area contributed by atoms with E-state index in [-0.39, 0.29) is 11.3 Å². The molecule has 7 heteroatoms. The molecule has 1 unspecified atom stereocenters. The van der Waals surface area contributed by atoms with Crippen LogP contribution in [0.3, 0.4) is 0 Å². The van der Waals surface area contributed by atoms with Crippen molar-refractivity contribution in [3.05, 3.63) is 70.1 Å². The number of aryl methyl sites for hydroxylation is 2. The average Bonchev–Trinajstić information content (AvgIpc) is 2.71. The third-order valence-electron chi connectivity index (χ3n) is 4.47. The van der Waals surface area contributed by atoms with E-state index in [2.05, 4.69) is 10.4 Å². The van der Waals surface area contributed by atoms with Gasteiger partial charge in [-0.2, -0.15) is 5.10 Å². The van der Waals surface area contributed by atoms with Gasteiger partial charge in [0.15, 0.2) is 11.8 Å². The largest absolute Gasteiger partial charge is 0.448 e. The first-order valence-electron chi connectivity index (χ1n) is 9.49. The number of carbonyl (C=O) groups is 2. The van der Waals surface area contributed by atoms with Crippen LogP contribution in [0.15, 0.2) is 53.3 Å². The molecule has 0 saturated carbocycles. The molecular weight excluding hydrogens is 370 g/mol. The zero-order valence-electron chi connectivity index (χ0n) is 16.6. The maximum Gasteiger partial charge on any atom is 0.360 e. The first kappa shape index (κ1) is 20.3. The van der Waals surface area contributed by atoms with Gasteiger partial charge in [-0.05, 0) is 38.5 Å². The molecule has 1 amide bonds. The maximum absolute atomic E-state index is 12.8. The molecule has 1 atom stereocenters. The lowest BCUT2D eigenvalue weighted by molar-refractivity contribution is -0.123. The van der Waals surface area contributed by atoms with Crippen LogP contribution in [0.4, 0.5) is 5.69 Å². The Hall–Kier alpha value is -3.48. The smallest absolute Gasteiger partial charge is 0.360 e. The summed E-state index contributed by atoms with van der Waals surface area (Å²) in [6.07, 6.45) is -0.342. The lowest BCUT2D eigenvalue weighted by atomic mass is 10.1. The normalized spacial score (nSPS) is 11.8. The predicted octanol–water partition coefficient (Wildman–Crippen LogP) is 3.30. The van der Waals surface area contributed by atoms with Crippen molar-refractivity contribution in [2.75, 3.05) is 5.32 Å². The van der Waals surface area contributed by atoms with Gasteiger partial charge in [-0.15, -0.1) is 0 Å². The van der Waals surface area contributed by atoms with Gasteiger partial charge in [0.1, 0.15) is 0 Å². The van der Waals surface area contributed by atoms with Gasteiger partial charge in [0.05, 0.1) is 5.39 Å². The van der Waals surface area contributed by atoms with Crippen molar-refractivity contribution in [1.29, 1.82) is 0 Å². The standard InChI is InChI=1S/C22H23N3O4/c1-4-13-25-21(27)18-8-6-5-7-17(18)19(24-25)22(28)29-15(3)20(26)23-16-11-9-14(2)10-12-16/h5-12,15H,4,13H2,1-3H3,(H,23,26). The number of carbonyl (C=O) groups excluding carboxylic acids is 2. The summed E-state index contributed by atoms with van der Waals surface area (Å²) in [5, 5.41) is 7.70. The molecule has 0 spiro atoms. The van der Waals surface area contributed by atoms with Gasteiger partial charge in [0.25, 0.3) is 11.5 Å². The Labute approximate surface area is 168 Å². The number of aromatic nitrogens is 2. The highest BCUT2D eigenvalue weighted by Crippen LogP contribution is 2.16. The fourth-order valence-electron chi connectivity index (χ4n) is 2.90. The monoisotopic (exact) mass is 393 g/mol. The number of amides is 1. The zero-order valence-corrected chi connectivity index (χ0v) is 16.6. The fourth-order valence-corrected chi connectivity index (χ4v) is 2.90. The number of hydrogen-bond donors (Lipinski definition) is 1. The van der Waals surface area contributed by atoms with Gasteiger partial charge >= 0.3 is 5.97 Å². The second kappa shape index (κ2) is 8.68. The molecule has 2 aromatic carbocycles. The fraction of sp³-hybridized carbons (Fsp3) is 0.273. The Morgan fingerprint density at radius 3 is 2.41 bits per heavy atom. The topological polar surface area (TPSA) is 90.3 Å². The zero-order chi connectivity index (χ0) is 21.0. The summed E-state index contributed by atoms with van der Waals surface area (Å²) >= 11 is 0. The van der Waals surface area contributed by atoms with Gasteiger partial charge < -0.3 is 10.1 Å². The minimum absolute atomic E-state index is 0.0173. The molecule has 1 aromatic heterocycles. The summed E-state index contributed by atoms with van der Waals surface area (Å²) in [4.78, 5) is 37.7. The number of nitrogens with one attached hydrogen (secondary N) is 1. The molecule has 1 heterocycles. The van der Waals surface area contributed by atoms with Crippen molar-refractivity contribution in [3.63, 3.8) is 0 Å². The Kier molecular flexibility index (Phi) is 6.07. The van der Waals surface area contributed by atoms with Crippen LogP contribution in [0.1, 0.15) is 36.3 Å². The summed E-state index contributed by atoms with van der Waals surface area (Å²) in [6.45, 7) is 5.74. The highest BCUT2D eigenvalue weighted by Gasteiger charge is 2.23. The molecule has 3 rings (SSSR count). The Balaban J connectivity index is 1.83. The van der Waals surface area contributed by atoms with Gasteiger partial charge in [0, 0.05) is 17.6 Å². The average molecular weight is 393 g/mol. The van der Waals surface area contributed by atoms with E-state index in [0.29, 0.717) is 29.4 Å². The van der Waals surface area contributed by atoms with Crippen molar-refractivity contribution >= 4 is 28.3 Å². The molecule has 0 radical (unpaired) electrons. The summed E-state index contributed by atoms with van der Waals surface area (Å²) in [7, 11) is 0. The van der Waals surface area contributed by atoms with Gasteiger partial charge in [-0.1, -0.05) is 42.8 Å². The van der Waals surface area contributed by atoms with E-state index < -0.39 is 18.0 Å². The van der Waals surface area contributed by atoms with Crippen LogP contribution in [-0.4, -0.2) is 27.8 Å². The van der Waals surface area contributed by atoms with Crippen LogP contribution in [0.2, 0.25) is 0 Å². The van der Waals surface area contributed by atoms with Crippen molar-refractivity contribution in [1.82, 2.24) is 9.78 Å². The SMILES string of the molecule is CCCn1nc(C(=O)OC(C)C(=O)Nc2ccc(C)cc2)c2ccccc2c1=O. The molecule has 0 aliphatic rings. The molecule has 3 aromatic rings. The second-order valence-corrected chi connectivity index (χ2v) is 6.83. The number of ether oxygens (including phenoxy) is 1. The Morgan fingerprint density at radius 2 is 1.76 bits per heavy atom. The molecule has 0 fully saturated rings. The Bertz CT molecular complexity index is 1100. The number of hydrogen-bond acceptors (Lipinski definition) is 5. The summed E-state index contributed by atoms with van der Waals surface area (Å²) in [6, 6.07) is 14.0. The molecule has 7 nitrogen and oxygen atoms in total. The van der Waals surface area contributed by atoms with Crippen LogP contribution in [0, 0.1) is 6.92 Å². The van der Waals surface area contributed by atoms with E-state index in [0.717, 1.165) is 5.56 Å². The number of esters is 1. The minimum Gasteiger partial charge on any atom is -0.448 e. The van der Waals surface area contributed by atoms with Gasteiger partial charge in [-0.3, -0.25) is 9.59 Å². The second-order valence-electron chi connectivity index (χ2n) is 6.83. The molecule has 29 heavy (non-hydrogen) atoms. The first-order chi connectivity index (χ1) is 13.9. The highest BCUT2D eigenvalue weighted by molar-refractivity contribution is 6.03. The van der Waals surface area contributed by atoms with Gasteiger partial charge in [0.2, 0.25) is 0 Å². The molecular formula is C22H23N3O4. The summed E-state index contributed by atoms with van der Waals surface area (Å²) < 4.78 is 6.61. The molecule has 0 aliphatic carbocycles. The molecule has 0 saturated heterocycles. The third kappa shape index (κ3) is 4.51. The van der Waals surface area contributed by atoms with Crippen molar-refractivity contribution in [3.8, 4) is 0 Å². The number of rotatable bonds is 6. The van der Waals surface area contributed by atoms with E-state index in [1.54, 1.807) is 36.4 Å². The number of anilines is 1. The molecule has 0 bridgehead atoms. The van der Waals surface area contributed by atoms with Crippen LogP contribution >= 0.6 is 0 Å². The van der Waals surface area contributed by atoms with Crippen molar-refractivity contribution in [2.24, 2.45) is 0 Å². The Morgan fingerprint density at radius 1 is 1.10 bits per heavy atom. The highest BCUT2D eigenvalue weighted by atomic mass is 16.5. The van der Waals surface area contributed by atoms with E-state index in [4.69, 9.17) is 4.74 Å². The molecule has 0 aliphatic heterocycles. The van der Waals surface area contributed by atoms with E-state index in [1.807, 2.05) is 26.0 Å². The van der Waals surface area contributed by atoms with Crippen molar-refractivity contribution < 1.29 is 14.3 Å². The third-order valence-corrected chi connectivity index (χ3v) is 4.47. The summed E-state index contributed by atoms with van der Waals surface area (Å²) in [5.74, 6) is -1.20. The predicted molar refractivity (Wildman–Crippen MR) is 111 cm³/mol. The summed E-state index contributed by atoms with van der Waals surface area (Å²) in [5.41, 5.74) is 1.44.